The van der Waals surface area contributed by atoms with E-state index in [4.69, 9.17) is 0 Å². The number of benzene rings is 1. The molecule has 0 unspecified atom stereocenters. The number of aromatic nitrogens is 2. The summed E-state index contributed by atoms with van der Waals surface area (Å²) < 4.78 is 1.73. The molecule has 18 heavy (non-hydrogen) atoms. The molecule has 0 spiro atoms. The molecule has 0 bridgehead atoms. The van der Waals surface area contributed by atoms with E-state index >= 15 is 0 Å². The second-order valence-corrected chi connectivity index (χ2v) is 3.85. The van der Waals surface area contributed by atoms with Gasteiger partial charge in [0.05, 0.1) is 22.0 Å². The zero-order chi connectivity index (χ0) is 12.5. The number of hydrogen-bond acceptors (Lipinski definition) is 3. The molecule has 3 rings (SSSR count). The van der Waals surface area contributed by atoms with Gasteiger partial charge >= 0.3 is 0 Å². The molecule has 2 heterocycles. The molecule has 5 heteroatoms. The van der Waals surface area contributed by atoms with Gasteiger partial charge in [-0.25, -0.2) is 4.98 Å². The zero-order valence-corrected chi connectivity index (χ0v) is 9.35. The number of hydrogen-bond donors (Lipinski definition) is 0. The minimum atomic E-state index is -0.373. The predicted octanol–water partition coefficient (Wildman–Crippen LogP) is 2.93. The third-order valence-electron chi connectivity index (χ3n) is 2.78. The maximum Gasteiger partial charge on any atom is 0.295 e. The smallest absolute Gasteiger partial charge is 0.294 e. The normalized spacial score (nSPS) is 10.7. The second-order valence-electron chi connectivity index (χ2n) is 3.85. The molecule has 2 aromatic heterocycles. The summed E-state index contributed by atoms with van der Waals surface area (Å²) >= 11 is 0. The molecule has 0 N–H and O–H groups in total. The van der Waals surface area contributed by atoms with Crippen LogP contribution in [0.1, 0.15) is 0 Å². The number of fused-ring (bicyclic) bond motifs is 1. The Balaban J connectivity index is 2.34. The molecule has 0 fully saturated rings. The molecule has 5 nitrogen and oxygen atoms in total. The molecule has 0 atom stereocenters. The summed E-state index contributed by atoms with van der Waals surface area (Å²) in [5, 5.41) is 11.7. The van der Waals surface area contributed by atoms with Crippen molar-refractivity contribution < 1.29 is 4.92 Å². The minimum absolute atomic E-state index is 0.0938. The lowest BCUT2D eigenvalue weighted by Crippen LogP contribution is -1.94. The van der Waals surface area contributed by atoms with Crippen LogP contribution in [0.3, 0.4) is 0 Å². The Kier molecular flexibility index (Phi) is 2.30. The summed E-state index contributed by atoms with van der Waals surface area (Å²) in [6.45, 7) is 0. The topological polar surface area (TPSA) is 61.0 Å². The van der Waals surface area contributed by atoms with Gasteiger partial charge in [0.1, 0.15) is 5.82 Å². The van der Waals surface area contributed by atoms with E-state index < -0.39 is 0 Å². The van der Waals surface area contributed by atoms with Gasteiger partial charge in [-0.3, -0.25) is 14.7 Å². The molecule has 0 amide bonds. The van der Waals surface area contributed by atoms with Gasteiger partial charge in [-0.2, -0.15) is 0 Å². The molecule has 3 aromatic rings. The van der Waals surface area contributed by atoms with Gasteiger partial charge in [0.2, 0.25) is 0 Å². The summed E-state index contributed by atoms with van der Waals surface area (Å²) in [6, 6.07) is 12.7. The van der Waals surface area contributed by atoms with Crippen LogP contribution in [0, 0.1) is 10.1 Å². The van der Waals surface area contributed by atoms with Crippen LogP contribution in [0.5, 0.6) is 0 Å². The zero-order valence-electron chi connectivity index (χ0n) is 9.35. The monoisotopic (exact) mass is 239 g/mol. The van der Waals surface area contributed by atoms with Gasteiger partial charge in [-0.15, -0.1) is 0 Å². The van der Waals surface area contributed by atoms with Crippen molar-refractivity contribution in [2.75, 3.05) is 0 Å². The fourth-order valence-corrected chi connectivity index (χ4v) is 1.99. The second kappa shape index (κ2) is 3.96. The quantitative estimate of drug-likeness (QED) is 0.510. The van der Waals surface area contributed by atoms with Crippen molar-refractivity contribution in [2.24, 2.45) is 0 Å². The number of rotatable bonds is 2. The van der Waals surface area contributed by atoms with Crippen molar-refractivity contribution in [3.05, 3.63) is 65.0 Å². The van der Waals surface area contributed by atoms with E-state index in [9.17, 15) is 10.1 Å². The summed E-state index contributed by atoms with van der Waals surface area (Å²) in [5.74, 6) is 0.668. The Morgan fingerprint density at radius 2 is 1.89 bits per heavy atom. The first-order valence-electron chi connectivity index (χ1n) is 5.43. The first-order valence-corrected chi connectivity index (χ1v) is 5.43. The number of pyridine rings is 1. The Morgan fingerprint density at radius 1 is 1.11 bits per heavy atom. The molecular formula is C13H9N3O2. The van der Waals surface area contributed by atoms with Crippen LogP contribution >= 0.6 is 0 Å². The lowest BCUT2D eigenvalue weighted by atomic mass is 10.2. The van der Waals surface area contributed by atoms with Crippen LogP contribution in [-0.2, 0) is 0 Å². The maximum atomic E-state index is 11.0. The van der Waals surface area contributed by atoms with E-state index in [-0.39, 0.29) is 10.6 Å². The first kappa shape index (κ1) is 10.5. The highest BCUT2D eigenvalue weighted by atomic mass is 16.6. The molecule has 88 valence electrons. The molecule has 0 saturated carbocycles. The highest BCUT2D eigenvalue weighted by molar-refractivity contribution is 5.90. The first-order chi connectivity index (χ1) is 8.77. The van der Waals surface area contributed by atoms with Gasteiger partial charge in [-0.1, -0.05) is 18.2 Å². The van der Waals surface area contributed by atoms with Gasteiger partial charge in [0.15, 0.2) is 0 Å². The van der Waals surface area contributed by atoms with E-state index in [0.29, 0.717) is 11.2 Å². The third-order valence-corrected chi connectivity index (χ3v) is 2.78. The summed E-state index contributed by atoms with van der Waals surface area (Å²) in [6.07, 6.45) is 3.17. The Labute approximate surface area is 102 Å². The van der Waals surface area contributed by atoms with E-state index in [0.717, 1.165) is 5.52 Å². The fourth-order valence-electron chi connectivity index (χ4n) is 1.99. The molecule has 0 aliphatic heterocycles. The Morgan fingerprint density at radius 3 is 2.61 bits per heavy atom. The number of para-hydroxylation sites is 1. The van der Waals surface area contributed by atoms with Gasteiger partial charge in [0.25, 0.3) is 5.69 Å². The Hall–Kier alpha value is -2.69. The average Bonchev–Trinajstić information content (AvgIpc) is 2.79. The molecule has 0 radical (unpaired) electrons. The lowest BCUT2D eigenvalue weighted by Gasteiger charge is -2.01. The molecular weight excluding hydrogens is 230 g/mol. The summed E-state index contributed by atoms with van der Waals surface area (Å²) in [5.41, 5.74) is 0.874. The van der Waals surface area contributed by atoms with Crippen LogP contribution in [0.15, 0.2) is 54.9 Å². The largest absolute Gasteiger partial charge is 0.295 e. The average molecular weight is 239 g/mol. The molecule has 0 aliphatic rings. The number of nitrogens with zero attached hydrogens (tertiary/aromatic N) is 3. The standard InChI is InChI=1S/C13H9N3O2/c17-16(18)12-9-15(13-7-3-4-8-14-13)11-6-2-1-5-10(11)12/h1-9H. The highest BCUT2D eigenvalue weighted by Crippen LogP contribution is 2.29. The fraction of sp³-hybridized carbons (Fsp3) is 0. The van der Waals surface area contributed by atoms with Crippen molar-refractivity contribution in [3.8, 4) is 5.82 Å². The van der Waals surface area contributed by atoms with E-state index in [1.807, 2.05) is 30.3 Å². The van der Waals surface area contributed by atoms with E-state index in [1.165, 1.54) is 6.20 Å². The van der Waals surface area contributed by atoms with Crippen molar-refractivity contribution in [1.82, 2.24) is 9.55 Å². The van der Waals surface area contributed by atoms with Gasteiger partial charge < -0.3 is 0 Å². The summed E-state index contributed by atoms with van der Waals surface area (Å²) in [4.78, 5) is 14.9. The minimum Gasteiger partial charge on any atom is -0.294 e. The van der Waals surface area contributed by atoms with Crippen molar-refractivity contribution in [2.45, 2.75) is 0 Å². The van der Waals surface area contributed by atoms with E-state index in [2.05, 4.69) is 4.98 Å². The summed E-state index contributed by atoms with van der Waals surface area (Å²) in [7, 11) is 0. The van der Waals surface area contributed by atoms with Crippen LogP contribution < -0.4 is 0 Å². The van der Waals surface area contributed by atoms with Crippen molar-refractivity contribution >= 4 is 16.6 Å². The lowest BCUT2D eigenvalue weighted by molar-refractivity contribution is -0.383. The van der Waals surface area contributed by atoms with Crippen LogP contribution in [0.25, 0.3) is 16.7 Å². The molecule has 0 aliphatic carbocycles. The SMILES string of the molecule is O=[N+]([O-])c1cn(-c2ccccn2)c2ccccc12. The van der Waals surface area contributed by atoms with Crippen LogP contribution in [0.2, 0.25) is 0 Å². The highest BCUT2D eigenvalue weighted by Gasteiger charge is 2.17. The Bertz CT molecular complexity index is 719. The van der Waals surface area contributed by atoms with Gasteiger partial charge in [-0.05, 0) is 24.3 Å². The van der Waals surface area contributed by atoms with Crippen LogP contribution in [0.4, 0.5) is 5.69 Å². The predicted molar refractivity (Wildman–Crippen MR) is 67.7 cm³/mol. The third kappa shape index (κ3) is 1.53. The number of nitro groups is 1. The van der Waals surface area contributed by atoms with Crippen molar-refractivity contribution in [1.29, 1.82) is 0 Å². The molecule has 0 saturated heterocycles. The van der Waals surface area contributed by atoms with Gasteiger partial charge in [0, 0.05) is 6.20 Å². The van der Waals surface area contributed by atoms with Crippen LogP contribution in [-0.4, -0.2) is 14.5 Å². The van der Waals surface area contributed by atoms with E-state index in [1.54, 1.807) is 22.9 Å². The molecule has 1 aromatic carbocycles. The maximum absolute atomic E-state index is 11.0. The van der Waals surface area contributed by atoms with Crippen molar-refractivity contribution in [3.63, 3.8) is 0 Å².